The van der Waals surface area contributed by atoms with Gasteiger partial charge in [0.15, 0.2) is 0 Å². The molecule has 4 heteroatoms. The Kier molecular flexibility index (Phi) is 2.90. The maximum Gasteiger partial charge on any atom is 0.148 e. The Hall–Kier alpha value is -2.38. The Morgan fingerprint density at radius 2 is 2.26 bits per heavy atom. The third-order valence-electron chi connectivity index (χ3n) is 3.37. The summed E-state index contributed by atoms with van der Waals surface area (Å²) >= 11 is 0. The number of ether oxygens (including phenoxy) is 1. The van der Waals surface area contributed by atoms with Crippen molar-refractivity contribution in [1.82, 2.24) is 4.98 Å². The van der Waals surface area contributed by atoms with E-state index in [1.54, 1.807) is 12.3 Å². The van der Waals surface area contributed by atoms with Gasteiger partial charge in [0, 0.05) is 24.1 Å². The number of pyridine rings is 1. The summed E-state index contributed by atoms with van der Waals surface area (Å²) < 4.78 is 5.91. The van der Waals surface area contributed by atoms with Gasteiger partial charge in [0.1, 0.15) is 11.5 Å². The second kappa shape index (κ2) is 4.71. The van der Waals surface area contributed by atoms with Crippen LogP contribution in [0.1, 0.15) is 22.7 Å². The maximum absolute atomic E-state index is 9.01. The zero-order valence-corrected chi connectivity index (χ0v) is 10.3. The van der Waals surface area contributed by atoms with Gasteiger partial charge in [-0.15, -0.1) is 0 Å². The first kappa shape index (κ1) is 11.7. The lowest BCUT2D eigenvalue weighted by molar-refractivity contribution is 0.475. The summed E-state index contributed by atoms with van der Waals surface area (Å²) in [6.45, 7) is 0.501. The van der Waals surface area contributed by atoms with Crippen LogP contribution in [0.25, 0.3) is 0 Å². The molecule has 19 heavy (non-hydrogen) atoms. The Labute approximate surface area is 111 Å². The van der Waals surface area contributed by atoms with E-state index in [4.69, 9.17) is 15.7 Å². The predicted molar refractivity (Wildman–Crippen MR) is 71.0 cm³/mol. The van der Waals surface area contributed by atoms with Crippen molar-refractivity contribution in [1.29, 1.82) is 5.26 Å². The summed E-state index contributed by atoms with van der Waals surface area (Å²) in [4.78, 5) is 4.36. The van der Waals surface area contributed by atoms with Crippen molar-refractivity contribution in [3.05, 3.63) is 53.3 Å². The Balaban J connectivity index is 2.14. The maximum atomic E-state index is 9.01. The highest BCUT2D eigenvalue weighted by Gasteiger charge is 2.23. The van der Waals surface area contributed by atoms with E-state index >= 15 is 0 Å². The molecule has 4 nitrogen and oxygen atoms in total. The van der Waals surface area contributed by atoms with Crippen LogP contribution in [0.5, 0.6) is 11.5 Å². The minimum Gasteiger partial charge on any atom is -0.455 e. The lowest BCUT2D eigenvalue weighted by atomic mass is 9.93. The fourth-order valence-corrected chi connectivity index (χ4v) is 2.37. The first-order chi connectivity index (χ1) is 9.31. The number of nitriles is 1. The lowest BCUT2D eigenvalue weighted by Crippen LogP contribution is -2.15. The van der Waals surface area contributed by atoms with Gasteiger partial charge < -0.3 is 10.5 Å². The molecule has 0 spiro atoms. The van der Waals surface area contributed by atoms with Crippen LogP contribution in [0.15, 0.2) is 36.5 Å². The average Bonchev–Trinajstić information content (AvgIpc) is 2.62. The van der Waals surface area contributed by atoms with Crippen molar-refractivity contribution in [3.8, 4) is 17.6 Å². The van der Waals surface area contributed by atoms with E-state index in [9.17, 15) is 0 Å². The Morgan fingerprint density at radius 1 is 1.37 bits per heavy atom. The molecule has 2 aromatic rings. The molecule has 1 atom stereocenters. The molecule has 2 heterocycles. The first-order valence-corrected chi connectivity index (χ1v) is 6.17. The molecule has 2 N–H and O–H groups in total. The van der Waals surface area contributed by atoms with Gasteiger partial charge in [-0.3, -0.25) is 4.98 Å². The van der Waals surface area contributed by atoms with Gasteiger partial charge in [-0.05, 0) is 36.9 Å². The molecule has 0 unspecified atom stereocenters. The summed E-state index contributed by atoms with van der Waals surface area (Å²) in [5.74, 6) is 1.66. The highest BCUT2D eigenvalue weighted by Crippen LogP contribution is 2.38. The molecule has 0 bridgehead atoms. The number of nitrogens with zero attached hydrogens (tertiary/aromatic N) is 2. The predicted octanol–water partition coefficient (Wildman–Crippen LogP) is 2.34. The molecule has 0 amide bonds. The minimum absolute atomic E-state index is 0.124. The van der Waals surface area contributed by atoms with Crippen molar-refractivity contribution < 1.29 is 4.74 Å². The topological polar surface area (TPSA) is 71.9 Å². The molecular formula is C15H13N3O. The van der Waals surface area contributed by atoms with Crippen molar-refractivity contribution in [3.63, 3.8) is 0 Å². The quantitative estimate of drug-likeness (QED) is 0.844. The van der Waals surface area contributed by atoms with Gasteiger partial charge in [-0.1, -0.05) is 0 Å². The van der Waals surface area contributed by atoms with Crippen molar-refractivity contribution in [2.24, 2.45) is 5.73 Å². The van der Waals surface area contributed by atoms with Gasteiger partial charge in [0.05, 0.1) is 17.3 Å². The fourth-order valence-electron chi connectivity index (χ4n) is 2.37. The van der Waals surface area contributed by atoms with Crippen molar-refractivity contribution >= 4 is 0 Å². The molecule has 1 aromatic carbocycles. The van der Waals surface area contributed by atoms with E-state index in [0.717, 1.165) is 29.2 Å². The molecular weight excluding hydrogens is 238 g/mol. The summed E-state index contributed by atoms with van der Waals surface area (Å²) in [5, 5.41) is 9.01. The molecule has 0 aliphatic carbocycles. The van der Waals surface area contributed by atoms with E-state index in [0.29, 0.717) is 12.1 Å². The normalized spacial score (nSPS) is 16.5. The second-order valence-corrected chi connectivity index (χ2v) is 4.55. The summed E-state index contributed by atoms with van der Waals surface area (Å²) in [6.07, 6.45) is 2.49. The molecule has 0 fully saturated rings. The van der Waals surface area contributed by atoms with Crippen LogP contribution in [-0.2, 0) is 6.42 Å². The number of rotatable bonds is 1. The minimum atomic E-state index is 0.124. The monoisotopic (exact) mass is 251 g/mol. The fraction of sp³-hybridized carbons (Fsp3) is 0.200. The third kappa shape index (κ3) is 2.05. The molecule has 94 valence electrons. The van der Waals surface area contributed by atoms with Gasteiger partial charge in [-0.25, -0.2) is 0 Å². The van der Waals surface area contributed by atoms with Crippen LogP contribution in [0, 0.1) is 11.3 Å². The van der Waals surface area contributed by atoms with Crippen LogP contribution < -0.4 is 10.5 Å². The standard InChI is InChI=1S/C15H13N3O/c16-8-10-3-4-14-12(6-10)11(9-17)7-13-15(19-14)2-1-5-18-13/h1-6,11H,7,9,17H2/t11-/m0/s1. The zero-order valence-electron chi connectivity index (χ0n) is 10.3. The number of hydrogen-bond donors (Lipinski definition) is 1. The summed E-state index contributed by atoms with van der Waals surface area (Å²) in [6, 6.07) is 11.4. The molecule has 0 saturated heterocycles. The van der Waals surface area contributed by atoms with E-state index in [2.05, 4.69) is 11.1 Å². The van der Waals surface area contributed by atoms with Gasteiger partial charge in [0.25, 0.3) is 0 Å². The van der Waals surface area contributed by atoms with E-state index < -0.39 is 0 Å². The average molecular weight is 251 g/mol. The van der Waals surface area contributed by atoms with Crippen LogP contribution in [-0.4, -0.2) is 11.5 Å². The van der Waals surface area contributed by atoms with Crippen molar-refractivity contribution in [2.45, 2.75) is 12.3 Å². The number of fused-ring (bicyclic) bond motifs is 2. The highest BCUT2D eigenvalue weighted by atomic mass is 16.5. The summed E-state index contributed by atoms with van der Waals surface area (Å²) in [7, 11) is 0. The van der Waals surface area contributed by atoms with E-state index in [-0.39, 0.29) is 5.92 Å². The smallest absolute Gasteiger partial charge is 0.148 e. The molecule has 1 aliphatic heterocycles. The highest BCUT2D eigenvalue weighted by molar-refractivity contribution is 5.49. The van der Waals surface area contributed by atoms with Crippen LogP contribution in [0.2, 0.25) is 0 Å². The Bertz CT molecular complexity index is 661. The lowest BCUT2D eigenvalue weighted by Gasteiger charge is -2.14. The van der Waals surface area contributed by atoms with E-state index in [1.807, 2.05) is 24.3 Å². The number of aromatic nitrogens is 1. The number of benzene rings is 1. The van der Waals surface area contributed by atoms with Crippen LogP contribution in [0.4, 0.5) is 0 Å². The number of hydrogen-bond acceptors (Lipinski definition) is 4. The van der Waals surface area contributed by atoms with Crippen molar-refractivity contribution in [2.75, 3.05) is 6.54 Å². The molecule has 3 rings (SSSR count). The van der Waals surface area contributed by atoms with Crippen LogP contribution >= 0.6 is 0 Å². The molecule has 1 aromatic heterocycles. The third-order valence-corrected chi connectivity index (χ3v) is 3.37. The molecule has 1 aliphatic rings. The number of nitrogens with two attached hydrogens (primary N) is 1. The second-order valence-electron chi connectivity index (χ2n) is 4.55. The SMILES string of the molecule is N#Cc1ccc2c(c1)[C@H](CN)Cc1ncccc1O2. The van der Waals surface area contributed by atoms with Gasteiger partial charge in [0.2, 0.25) is 0 Å². The van der Waals surface area contributed by atoms with Gasteiger partial charge >= 0.3 is 0 Å². The Morgan fingerprint density at radius 3 is 3.05 bits per heavy atom. The first-order valence-electron chi connectivity index (χ1n) is 6.17. The largest absolute Gasteiger partial charge is 0.455 e. The van der Waals surface area contributed by atoms with Crippen LogP contribution in [0.3, 0.4) is 0 Å². The summed E-state index contributed by atoms with van der Waals surface area (Å²) in [5.41, 5.74) is 8.39. The molecule has 0 saturated carbocycles. The zero-order chi connectivity index (χ0) is 13.2. The van der Waals surface area contributed by atoms with Gasteiger partial charge in [-0.2, -0.15) is 5.26 Å². The van der Waals surface area contributed by atoms with E-state index in [1.165, 1.54) is 0 Å². The molecule has 0 radical (unpaired) electrons.